The summed E-state index contributed by atoms with van der Waals surface area (Å²) in [5, 5.41) is 7.10. The van der Waals surface area contributed by atoms with Gasteiger partial charge in [0.1, 0.15) is 11.5 Å². The molecule has 0 saturated carbocycles. The molecule has 0 aliphatic carbocycles. The number of fused-ring (bicyclic) bond motifs is 1. The molecule has 3 aromatic rings. The van der Waals surface area contributed by atoms with Crippen molar-refractivity contribution in [3.8, 4) is 5.88 Å². The maximum atomic E-state index is 12.8. The molecular formula is C19H22N6O2. The second-order valence-corrected chi connectivity index (χ2v) is 6.69. The zero-order valence-corrected chi connectivity index (χ0v) is 15.5. The number of methoxy groups -OCH3 is 1. The number of benzene rings is 1. The molecule has 1 aliphatic rings. The van der Waals surface area contributed by atoms with Crippen LogP contribution < -0.4 is 4.74 Å². The number of nitrogens with zero attached hydrogens (tertiary/aromatic N) is 5. The van der Waals surface area contributed by atoms with E-state index in [0.717, 1.165) is 36.2 Å². The third-order valence-electron chi connectivity index (χ3n) is 4.86. The molecule has 3 heterocycles. The Balaban J connectivity index is 1.49. The minimum atomic E-state index is -0.0490. The van der Waals surface area contributed by atoms with Crippen LogP contribution in [0.25, 0.3) is 11.0 Å². The first-order valence-electron chi connectivity index (χ1n) is 9.13. The van der Waals surface area contributed by atoms with Crippen molar-refractivity contribution in [1.82, 2.24) is 30.0 Å². The van der Waals surface area contributed by atoms with Gasteiger partial charge >= 0.3 is 0 Å². The summed E-state index contributed by atoms with van der Waals surface area (Å²) in [6, 6.07) is 7.60. The van der Waals surface area contributed by atoms with E-state index in [9.17, 15) is 4.79 Å². The number of aromatic nitrogens is 5. The number of nitrogens with one attached hydrogen (secondary N) is 1. The summed E-state index contributed by atoms with van der Waals surface area (Å²) >= 11 is 0. The monoisotopic (exact) mass is 366 g/mol. The first kappa shape index (κ1) is 17.4. The van der Waals surface area contributed by atoms with Crippen LogP contribution in [0.4, 0.5) is 0 Å². The maximum absolute atomic E-state index is 12.8. The van der Waals surface area contributed by atoms with Crippen molar-refractivity contribution in [2.75, 3.05) is 13.7 Å². The van der Waals surface area contributed by atoms with Crippen LogP contribution >= 0.6 is 0 Å². The Morgan fingerprint density at radius 2 is 2.04 bits per heavy atom. The molecule has 1 atom stereocenters. The largest absolute Gasteiger partial charge is 0.480 e. The molecule has 2 aromatic heterocycles. The number of H-pyrrole nitrogens is 1. The second kappa shape index (κ2) is 7.30. The first-order chi connectivity index (χ1) is 13.2. The standard InChI is InChI=1S/C19H22N6O2/c1-12-20-18(24-23-12)16-8-5-11-25(16)17(26)10-9-15-19(27-2)22-14-7-4-3-6-13(14)21-15/h3-4,6-7,16H,5,8-11H2,1-2H3,(H,20,23,24)/t16-/m1/s1. The van der Waals surface area contributed by atoms with Crippen LogP contribution in [0.1, 0.15) is 42.6 Å². The SMILES string of the molecule is COc1nc2ccccc2nc1CCC(=O)N1CCC[C@@H]1c1n[nH]c(C)n1. The van der Waals surface area contributed by atoms with Crippen LogP contribution in [-0.2, 0) is 11.2 Å². The van der Waals surface area contributed by atoms with Gasteiger partial charge in [-0.05, 0) is 31.9 Å². The molecule has 8 heteroatoms. The van der Waals surface area contributed by atoms with Gasteiger partial charge in [0.25, 0.3) is 0 Å². The molecule has 8 nitrogen and oxygen atoms in total. The van der Waals surface area contributed by atoms with Crippen molar-refractivity contribution < 1.29 is 9.53 Å². The lowest BCUT2D eigenvalue weighted by atomic mass is 10.1. The molecule has 1 saturated heterocycles. The molecule has 27 heavy (non-hydrogen) atoms. The molecule has 1 aromatic carbocycles. The fraction of sp³-hybridized carbons (Fsp3) is 0.421. The third-order valence-corrected chi connectivity index (χ3v) is 4.86. The lowest BCUT2D eigenvalue weighted by Gasteiger charge is -2.22. The Kier molecular flexibility index (Phi) is 4.70. The zero-order valence-electron chi connectivity index (χ0n) is 15.5. The van der Waals surface area contributed by atoms with E-state index in [1.165, 1.54) is 0 Å². The van der Waals surface area contributed by atoms with Crippen molar-refractivity contribution >= 4 is 16.9 Å². The van der Waals surface area contributed by atoms with Crippen molar-refractivity contribution in [3.63, 3.8) is 0 Å². The molecule has 140 valence electrons. The lowest BCUT2D eigenvalue weighted by molar-refractivity contribution is -0.132. The number of carbonyl (C=O) groups excluding carboxylic acids is 1. The highest BCUT2D eigenvalue weighted by atomic mass is 16.5. The molecule has 0 radical (unpaired) electrons. The Morgan fingerprint density at radius 1 is 1.26 bits per heavy atom. The van der Waals surface area contributed by atoms with E-state index in [1.54, 1.807) is 7.11 Å². The number of hydrogen-bond donors (Lipinski definition) is 1. The van der Waals surface area contributed by atoms with Crippen LogP contribution in [0.3, 0.4) is 0 Å². The van der Waals surface area contributed by atoms with Crippen LogP contribution in [-0.4, -0.2) is 49.6 Å². The van der Waals surface area contributed by atoms with E-state index >= 15 is 0 Å². The Bertz CT molecular complexity index is 970. The van der Waals surface area contributed by atoms with Gasteiger partial charge in [0.05, 0.1) is 24.2 Å². The predicted octanol–water partition coefficient (Wildman–Crippen LogP) is 2.36. The van der Waals surface area contributed by atoms with Gasteiger partial charge in [0.15, 0.2) is 5.82 Å². The van der Waals surface area contributed by atoms with Gasteiger partial charge in [-0.15, -0.1) is 0 Å². The minimum absolute atomic E-state index is 0.0490. The highest BCUT2D eigenvalue weighted by molar-refractivity contribution is 5.78. The van der Waals surface area contributed by atoms with Gasteiger partial charge in [0.2, 0.25) is 11.8 Å². The van der Waals surface area contributed by atoms with Crippen molar-refractivity contribution in [3.05, 3.63) is 41.6 Å². The maximum Gasteiger partial charge on any atom is 0.235 e. The number of rotatable bonds is 5. The molecule has 1 amide bonds. The number of likely N-dealkylation sites (tertiary alicyclic amines) is 1. The summed E-state index contributed by atoms with van der Waals surface area (Å²) in [7, 11) is 1.58. The van der Waals surface area contributed by atoms with Gasteiger partial charge in [-0.3, -0.25) is 9.89 Å². The average Bonchev–Trinajstić information content (AvgIpc) is 3.34. The van der Waals surface area contributed by atoms with Gasteiger partial charge in [0, 0.05) is 19.4 Å². The summed E-state index contributed by atoms with van der Waals surface area (Å²) < 4.78 is 5.38. The molecule has 1 aliphatic heterocycles. The van der Waals surface area contributed by atoms with Crippen LogP contribution in [0.2, 0.25) is 0 Å². The number of hydrogen-bond acceptors (Lipinski definition) is 6. The molecule has 0 spiro atoms. The topological polar surface area (TPSA) is 96.9 Å². The van der Waals surface area contributed by atoms with E-state index in [-0.39, 0.29) is 11.9 Å². The van der Waals surface area contributed by atoms with Crippen LogP contribution in [0, 0.1) is 6.92 Å². The summed E-state index contributed by atoms with van der Waals surface area (Å²) in [5.74, 6) is 2.02. The highest BCUT2D eigenvalue weighted by Crippen LogP contribution is 2.30. The Morgan fingerprint density at radius 3 is 2.74 bits per heavy atom. The van der Waals surface area contributed by atoms with Gasteiger partial charge < -0.3 is 9.64 Å². The molecule has 4 rings (SSSR count). The van der Waals surface area contributed by atoms with Crippen molar-refractivity contribution in [2.24, 2.45) is 0 Å². The van der Waals surface area contributed by atoms with E-state index in [2.05, 4.69) is 25.1 Å². The van der Waals surface area contributed by atoms with Gasteiger partial charge in [-0.2, -0.15) is 5.10 Å². The van der Waals surface area contributed by atoms with Gasteiger partial charge in [-0.1, -0.05) is 12.1 Å². The summed E-state index contributed by atoms with van der Waals surface area (Å²) in [4.78, 5) is 28.3. The normalized spacial score (nSPS) is 16.8. The Labute approximate surface area is 157 Å². The molecule has 1 N–H and O–H groups in total. The summed E-state index contributed by atoms with van der Waals surface area (Å²) in [6.07, 6.45) is 2.69. The van der Waals surface area contributed by atoms with Crippen molar-refractivity contribution in [2.45, 2.75) is 38.6 Å². The minimum Gasteiger partial charge on any atom is -0.480 e. The summed E-state index contributed by atoms with van der Waals surface area (Å²) in [5.41, 5.74) is 2.29. The fourth-order valence-electron chi connectivity index (χ4n) is 3.56. The smallest absolute Gasteiger partial charge is 0.235 e. The number of amides is 1. The quantitative estimate of drug-likeness (QED) is 0.744. The van der Waals surface area contributed by atoms with Crippen LogP contribution in [0.15, 0.2) is 24.3 Å². The van der Waals surface area contributed by atoms with E-state index < -0.39 is 0 Å². The van der Waals surface area contributed by atoms with E-state index in [1.807, 2.05) is 36.1 Å². The third kappa shape index (κ3) is 3.47. The summed E-state index contributed by atoms with van der Waals surface area (Å²) in [6.45, 7) is 2.60. The molecule has 0 bridgehead atoms. The number of ether oxygens (including phenoxy) is 1. The predicted molar refractivity (Wildman–Crippen MR) is 99.2 cm³/mol. The molecule has 1 fully saturated rings. The first-order valence-corrected chi connectivity index (χ1v) is 9.13. The fourth-order valence-corrected chi connectivity index (χ4v) is 3.56. The molecule has 0 unspecified atom stereocenters. The molecular weight excluding hydrogens is 344 g/mol. The average molecular weight is 366 g/mol. The van der Waals surface area contributed by atoms with Crippen LogP contribution in [0.5, 0.6) is 5.88 Å². The zero-order chi connectivity index (χ0) is 18.8. The number of para-hydroxylation sites is 2. The highest BCUT2D eigenvalue weighted by Gasteiger charge is 2.32. The van der Waals surface area contributed by atoms with Crippen molar-refractivity contribution in [1.29, 1.82) is 0 Å². The van der Waals surface area contributed by atoms with Gasteiger partial charge in [-0.25, -0.2) is 15.0 Å². The van der Waals surface area contributed by atoms with E-state index in [0.29, 0.717) is 30.2 Å². The number of aromatic amines is 1. The second-order valence-electron chi connectivity index (χ2n) is 6.69. The number of carbonyl (C=O) groups is 1. The number of aryl methyl sites for hydroxylation is 2. The van der Waals surface area contributed by atoms with E-state index in [4.69, 9.17) is 4.74 Å². The Hall–Kier alpha value is -3.03. The lowest BCUT2D eigenvalue weighted by Crippen LogP contribution is -2.31.